The first-order chi connectivity index (χ1) is 8.93. The van der Waals surface area contributed by atoms with Crippen molar-refractivity contribution in [1.29, 1.82) is 0 Å². The van der Waals surface area contributed by atoms with Crippen molar-refractivity contribution in [3.8, 4) is 0 Å². The predicted octanol–water partition coefficient (Wildman–Crippen LogP) is 1.83. The van der Waals surface area contributed by atoms with E-state index in [1.165, 1.54) is 22.3 Å². The first kappa shape index (κ1) is 15.5. The standard InChI is InChI=1S/C15H24N2O2/c1-10-7-11(2)14(12(3)8-10)5-6-16-15(19)17-13(4)9-18/h7-8,13,18H,5-6,9H2,1-4H3,(H2,16,17,19)/t13-/m0/s1. The molecule has 0 bridgehead atoms. The highest BCUT2D eigenvalue weighted by atomic mass is 16.3. The second-order valence-corrected chi connectivity index (χ2v) is 5.11. The van der Waals surface area contributed by atoms with E-state index in [1.54, 1.807) is 6.92 Å². The topological polar surface area (TPSA) is 61.4 Å². The molecule has 1 atom stereocenters. The van der Waals surface area contributed by atoms with Gasteiger partial charge in [-0.05, 0) is 50.8 Å². The molecule has 0 aliphatic rings. The predicted molar refractivity (Wildman–Crippen MR) is 77.4 cm³/mol. The Morgan fingerprint density at radius 3 is 2.37 bits per heavy atom. The van der Waals surface area contributed by atoms with Crippen molar-refractivity contribution in [3.63, 3.8) is 0 Å². The Balaban J connectivity index is 2.48. The molecule has 4 nitrogen and oxygen atoms in total. The van der Waals surface area contributed by atoms with Crippen LogP contribution in [0.2, 0.25) is 0 Å². The third kappa shape index (κ3) is 4.91. The van der Waals surface area contributed by atoms with Gasteiger partial charge in [0, 0.05) is 6.54 Å². The molecule has 0 unspecified atom stereocenters. The number of aliphatic hydroxyl groups is 1. The zero-order chi connectivity index (χ0) is 14.4. The van der Waals surface area contributed by atoms with E-state index in [1.807, 2.05) is 0 Å². The first-order valence-electron chi connectivity index (χ1n) is 6.66. The Hall–Kier alpha value is -1.55. The van der Waals surface area contributed by atoms with Crippen molar-refractivity contribution >= 4 is 6.03 Å². The Labute approximate surface area is 115 Å². The summed E-state index contributed by atoms with van der Waals surface area (Å²) in [7, 11) is 0. The van der Waals surface area contributed by atoms with Gasteiger partial charge in [-0.15, -0.1) is 0 Å². The summed E-state index contributed by atoms with van der Waals surface area (Å²) in [6, 6.07) is 3.87. The number of nitrogens with one attached hydrogen (secondary N) is 2. The van der Waals surface area contributed by atoms with Gasteiger partial charge >= 0.3 is 6.03 Å². The van der Waals surface area contributed by atoms with Crippen LogP contribution in [0, 0.1) is 20.8 Å². The lowest BCUT2D eigenvalue weighted by Crippen LogP contribution is -2.42. The van der Waals surface area contributed by atoms with E-state index in [-0.39, 0.29) is 18.7 Å². The quantitative estimate of drug-likeness (QED) is 0.760. The molecule has 2 amide bonds. The fourth-order valence-electron chi connectivity index (χ4n) is 2.23. The van der Waals surface area contributed by atoms with Gasteiger partial charge in [0.25, 0.3) is 0 Å². The summed E-state index contributed by atoms with van der Waals surface area (Å²) in [5.41, 5.74) is 5.09. The molecule has 0 aromatic heterocycles. The normalized spacial score (nSPS) is 12.1. The first-order valence-corrected chi connectivity index (χ1v) is 6.66. The number of urea groups is 1. The maximum atomic E-state index is 11.5. The van der Waals surface area contributed by atoms with Gasteiger partial charge in [-0.25, -0.2) is 4.79 Å². The van der Waals surface area contributed by atoms with Gasteiger partial charge in [0.05, 0.1) is 12.6 Å². The molecule has 3 N–H and O–H groups in total. The van der Waals surface area contributed by atoms with Gasteiger partial charge in [-0.1, -0.05) is 17.7 Å². The minimum absolute atomic E-state index is 0.0520. The number of benzene rings is 1. The number of rotatable bonds is 5. The van der Waals surface area contributed by atoms with Gasteiger partial charge in [0.15, 0.2) is 0 Å². The fourth-order valence-corrected chi connectivity index (χ4v) is 2.23. The Morgan fingerprint density at radius 2 is 1.84 bits per heavy atom. The summed E-state index contributed by atoms with van der Waals surface area (Å²) < 4.78 is 0. The SMILES string of the molecule is Cc1cc(C)c(CCNC(=O)N[C@@H](C)CO)c(C)c1. The van der Waals surface area contributed by atoms with E-state index in [2.05, 4.69) is 43.5 Å². The Morgan fingerprint density at radius 1 is 1.26 bits per heavy atom. The number of carbonyl (C=O) groups is 1. The molecular formula is C15H24N2O2. The molecule has 0 fully saturated rings. The van der Waals surface area contributed by atoms with Gasteiger partial charge in [-0.2, -0.15) is 0 Å². The van der Waals surface area contributed by atoms with Gasteiger partial charge in [0.1, 0.15) is 0 Å². The number of hydrogen-bond donors (Lipinski definition) is 3. The van der Waals surface area contributed by atoms with E-state index in [9.17, 15) is 4.79 Å². The van der Waals surface area contributed by atoms with E-state index in [0.717, 1.165) is 6.42 Å². The Bertz CT molecular complexity index is 421. The number of aryl methyl sites for hydroxylation is 3. The Kier molecular flexibility index (Phi) is 5.83. The second kappa shape index (κ2) is 7.14. The summed E-state index contributed by atoms with van der Waals surface area (Å²) in [6.07, 6.45) is 0.818. The molecule has 106 valence electrons. The van der Waals surface area contributed by atoms with Gasteiger partial charge in [0.2, 0.25) is 0 Å². The van der Waals surface area contributed by atoms with Crippen molar-refractivity contribution in [2.45, 2.75) is 40.2 Å². The maximum Gasteiger partial charge on any atom is 0.315 e. The highest BCUT2D eigenvalue weighted by Crippen LogP contribution is 2.16. The van der Waals surface area contributed by atoms with Crippen molar-refractivity contribution in [2.75, 3.05) is 13.2 Å². The molecule has 0 radical (unpaired) electrons. The summed E-state index contributed by atoms with van der Waals surface area (Å²) in [6.45, 7) is 8.59. The molecule has 19 heavy (non-hydrogen) atoms. The molecule has 0 saturated carbocycles. The average molecular weight is 264 g/mol. The average Bonchev–Trinajstić information content (AvgIpc) is 2.32. The lowest BCUT2D eigenvalue weighted by atomic mass is 9.97. The van der Waals surface area contributed by atoms with Crippen molar-refractivity contribution < 1.29 is 9.90 Å². The molecule has 0 heterocycles. The largest absolute Gasteiger partial charge is 0.394 e. The van der Waals surface area contributed by atoms with E-state index < -0.39 is 0 Å². The molecule has 1 aromatic carbocycles. The highest BCUT2D eigenvalue weighted by molar-refractivity contribution is 5.74. The molecule has 4 heteroatoms. The van der Waals surface area contributed by atoms with Crippen molar-refractivity contribution in [1.82, 2.24) is 10.6 Å². The van der Waals surface area contributed by atoms with Crippen LogP contribution >= 0.6 is 0 Å². The lowest BCUT2D eigenvalue weighted by molar-refractivity contribution is 0.220. The minimum Gasteiger partial charge on any atom is -0.394 e. The van der Waals surface area contributed by atoms with Crippen LogP contribution in [0.15, 0.2) is 12.1 Å². The van der Waals surface area contributed by atoms with E-state index in [4.69, 9.17) is 5.11 Å². The number of amides is 2. The maximum absolute atomic E-state index is 11.5. The van der Waals surface area contributed by atoms with Crippen molar-refractivity contribution in [3.05, 3.63) is 34.4 Å². The summed E-state index contributed by atoms with van der Waals surface area (Å²) in [5, 5.41) is 14.3. The van der Waals surface area contributed by atoms with Crippen LogP contribution in [0.3, 0.4) is 0 Å². The van der Waals surface area contributed by atoms with E-state index in [0.29, 0.717) is 6.54 Å². The fraction of sp³-hybridized carbons (Fsp3) is 0.533. The zero-order valence-electron chi connectivity index (χ0n) is 12.2. The van der Waals surface area contributed by atoms with Crippen LogP contribution in [0.25, 0.3) is 0 Å². The summed E-state index contributed by atoms with van der Waals surface area (Å²) in [5.74, 6) is 0. The van der Waals surface area contributed by atoms with Crippen LogP contribution in [0.1, 0.15) is 29.2 Å². The van der Waals surface area contributed by atoms with Crippen LogP contribution < -0.4 is 10.6 Å². The number of hydrogen-bond acceptors (Lipinski definition) is 2. The van der Waals surface area contributed by atoms with Crippen LogP contribution in [0.4, 0.5) is 4.79 Å². The monoisotopic (exact) mass is 264 g/mol. The number of carbonyl (C=O) groups excluding carboxylic acids is 1. The van der Waals surface area contributed by atoms with Gasteiger partial charge in [-0.3, -0.25) is 0 Å². The van der Waals surface area contributed by atoms with Crippen molar-refractivity contribution in [2.24, 2.45) is 0 Å². The number of aliphatic hydroxyl groups excluding tert-OH is 1. The third-order valence-electron chi connectivity index (χ3n) is 3.15. The van der Waals surface area contributed by atoms with Crippen LogP contribution in [-0.2, 0) is 6.42 Å². The molecular weight excluding hydrogens is 240 g/mol. The minimum atomic E-state index is -0.232. The summed E-state index contributed by atoms with van der Waals surface area (Å²) >= 11 is 0. The van der Waals surface area contributed by atoms with E-state index >= 15 is 0 Å². The smallest absolute Gasteiger partial charge is 0.315 e. The molecule has 0 aliphatic carbocycles. The van der Waals surface area contributed by atoms with Gasteiger partial charge < -0.3 is 15.7 Å². The third-order valence-corrected chi connectivity index (χ3v) is 3.15. The molecule has 0 spiro atoms. The van der Waals surface area contributed by atoms with Crippen LogP contribution in [-0.4, -0.2) is 30.3 Å². The van der Waals surface area contributed by atoms with Crippen LogP contribution in [0.5, 0.6) is 0 Å². The molecule has 1 aromatic rings. The second-order valence-electron chi connectivity index (χ2n) is 5.11. The zero-order valence-corrected chi connectivity index (χ0v) is 12.2. The highest BCUT2D eigenvalue weighted by Gasteiger charge is 2.07. The molecule has 0 saturated heterocycles. The summed E-state index contributed by atoms with van der Waals surface area (Å²) in [4.78, 5) is 11.5. The lowest BCUT2D eigenvalue weighted by Gasteiger charge is -2.14. The molecule has 1 rings (SSSR count). The molecule has 0 aliphatic heterocycles.